The first-order chi connectivity index (χ1) is 4.83. The van der Waals surface area contributed by atoms with E-state index in [2.05, 4.69) is 20.8 Å². The molecule has 10 heavy (non-hydrogen) atoms. The van der Waals surface area contributed by atoms with E-state index < -0.39 is 0 Å². The molecule has 0 saturated heterocycles. The van der Waals surface area contributed by atoms with Gasteiger partial charge < -0.3 is 0 Å². The molecular weight excluding hydrogens is 160 g/mol. The first-order valence-electron chi connectivity index (χ1n) is 4.39. The van der Waals surface area contributed by atoms with E-state index in [1.807, 2.05) is 0 Å². The van der Waals surface area contributed by atoms with Crippen molar-refractivity contribution in [3.63, 3.8) is 0 Å². The highest BCUT2D eigenvalue weighted by Crippen LogP contribution is 1.86. The summed E-state index contributed by atoms with van der Waals surface area (Å²) < 4.78 is 0. The average Bonchev–Trinajstić information content (AvgIpc) is 1.93. The summed E-state index contributed by atoms with van der Waals surface area (Å²) in [4.78, 5) is 0. The molecule has 0 rings (SSSR count). The normalized spacial score (nSPS) is 8.40. The van der Waals surface area contributed by atoms with Crippen LogP contribution in [0.25, 0.3) is 0 Å². The summed E-state index contributed by atoms with van der Waals surface area (Å²) in [5.74, 6) is 0.816. The van der Waals surface area contributed by atoms with E-state index in [-0.39, 0.29) is 0 Å². The molecule has 64 valence electrons. The molecule has 0 N–H and O–H groups in total. The highest BCUT2D eigenvalue weighted by molar-refractivity contribution is 6.34. The van der Waals surface area contributed by atoms with E-state index in [0.29, 0.717) is 9.52 Å². The van der Waals surface area contributed by atoms with Crippen molar-refractivity contribution in [1.82, 2.24) is 0 Å². The smallest absolute Gasteiger partial charge is 0.0223 e. The van der Waals surface area contributed by atoms with Crippen LogP contribution in [0.2, 0.25) is 12.1 Å². The van der Waals surface area contributed by atoms with Crippen molar-refractivity contribution in [3.8, 4) is 0 Å². The van der Waals surface area contributed by atoms with Crippen molar-refractivity contribution in [2.24, 2.45) is 0 Å². The Kier molecular flexibility index (Phi) is 21.3. The first-order valence-corrected chi connectivity index (χ1v) is 6.92. The van der Waals surface area contributed by atoms with Crippen LogP contribution < -0.4 is 0 Å². The molecule has 0 saturated carbocycles. The highest BCUT2D eigenvalue weighted by Gasteiger charge is 1.70. The summed E-state index contributed by atoms with van der Waals surface area (Å²) >= 11 is 5.30. The Hall–Kier alpha value is 0.507. The third kappa shape index (κ3) is 23.6. The van der Waals surface area contributed by atoms with E-state index in [9.17, 15) is 0 Å². The Morgan fingerprint density at radius 1 is 1.10 bits per heavy atom. The van der Waals surface area contributed by atoms with Gasteiger partial charge in [-0.2, -0.15) is 0 Å². The van der Waals surface area contributed by atoms with Crippen molar-refractivity contribution in [2.75, 3.05) is 5.88 Å². The van der Waals surface area contributed by atoms with E-state index in [1.165, 1.54) is 18.5 Å². The number of rotatable bonds is 4. The van der Waals surface area contributed by atoms with Crippen molar-refractivity contribution >= 4 is 21.1 Å². The minimum Gasteiger partial charge on any atom is -0.127 e. The van der Waals surface area contributed by atoms with Gasteiger partial charge in [0.1, 0.15) is 0 Å². The van der Waals surface area contributed by atoms with Crippen LogP contribution in [0.3, 0.4) is 0 Å². The fourth-order valence-corrected chi connectivity index (χ4v) is 1.46. The van der Waals surface area contributed by atoms with Gasteiger partial charge in [-0.15, -0.1) is 11.6 Å². The zero-order chi connectivity index (χ0) is 8.24. The fraction of sp³-hybridized carbons (Fsp3) is 1.00. The third-order valence-electron chi connectivity index (χ3n) is 1.19. The summed E-state index contributed by atoms with van der Waals surface area (Å²) in [7, 11) is 0.432. The predicted molar refractivity (Wildman–Crippen MR) is 55.1 cm³/mol. The molecule has 0 aromatic heterocycles. The molecule has 0 amide bonds. The molecular formula is C8H21ClSi. The molecule has 0 aromatic rings. The van der Waals surface area contributed by atoms with Gasteiger partial charge in [0, 0.05) is 15.4 Å². The maximum absolute atomic E-state index is 5.30. The van der Waals surface area contributed by atoms with E-state index in [1.54, 1.807) is 0 Å². The number of halogens is 1. The van der Waals surface area contributed by atoms with Gasteiger partial charge in [0.05, 0.1) is 0 Å². The Bertz CT molecular complexity index is 30.2. The zero-order valence-electron chi connectivity index (χ0n) is 7.62. The number of hydrogen-bond donors (Lipinski definition) is 0. The molecule has 0 heterocycles. The molecule has 0 nitrogen and oxygen atoms in total. The van der Waals surface area contributed by atoms with Crippen LogP contribution in [0.4, 0.5) is 0 Å². The lowest BCUT2D eigenvalue weighted by Gasteiger charge is -1.77. The topological polar surface area (TPSA) is 0 Å². The van der Waals surface area contributed by atoms with Crippen LogP contribution in [0.1, 0.15) is 33.6 Å². The molecule has 0 atom stereocenters. The SMILES string of the molecule is CCCCCl.CC[SiH2]CC. The average molecular weight is 181 g/mol. The molecule has 0 bridgehead atoms. The maximum Gasteiger partial charge on any atom is 0.0223 e. The molecule has 0 spiro atoms. The standard InChI is InChI=1S/C4H9Cl.C4H12Si/c1-2-3-4-5;1-3-5-4-2/h2-4H2,1H3;3-5H2,1-2H3. The van der Waals surface area contributed by atoms with Crippen molar-refractivity contribution < 1.29 is 0 Å². The van der Waals surface area contributed by atoms with Crippen LogP contribution in [0.5, 0.6) is 0 Å². The van der Waals surface area contributed by atoms with Crippen LogP contribution in [-0.4, -0.2) is 15.4 Å². The first kappa shape index (κ1) is 13.1. The second-order valence-electron chi connectivity index (χ2n) is 2.40. The molecule has 2 heteroatoms. The summed E-state index contributed by atoms with van der Waals surface area (Å²) in [6, 6.07) is 2.97. The second kappa shape index (κ2) is 16.2. The molecule has 0 aliphatic carbocycles. The Labute approximate surface area is 73.2 Å². The quantitative estimate of drug-likeness (QED) is 0.461. The molecule has 0 fully saturated rings. The fourth-order valence-electron chi connectivity index (χ4n) is 0.487. The van der Waals surface area contributed by atoms with Gasteiger partial charge in [0.25, 0.3) is 0 Å². The minimum atomic E-state index is 0.432. The summed E-state index contributed by atoms with van der Waals surface area (Å²) in [5, 5.41) is 0. The summed E-state index contributed by atoms with van der Waals surface area (Å²) in [5.41, 5.74) is 0. The van der Waals surface area contributed by atoms with Gasteiger partial charge in [-0.3, -0.25) is 0 Å². The Balaban J connectivity index is 0. The van der Waals surface area contributed by atoms with Gasteiger partial charge in [-0.05, 0) is 6.42 Å². The molecule has 0 unspecified atom stereocenters. The highest BCUT2D eigenvalue weighted by atomic mass is 35.5. The van der Waals surface area contributed by atoms with E-state index >= 15 is 0 Å². The molecule has 0 aliphatic rings. The lowest BCUT2D eigenvalue weighted by atomic mass is 10.4. The van der Waals surface area contributed by atoms with Crippen molar-refractivity contribution in [3.05, 3.63) is 0 Å². The molecule has 0 aliphatic heterocycles. The zero-order valence-corrected chi connectivity index (χ0v) is 9.79. The van der Waals surface area contributed by atoms with E-state index in [4.69, 9.17) is 11.6 Å². The van der Waals surface area contributed by atoms with Gasteiger partial charge in [0.15, 0.2) is 0 Å². The van der Waals surface area contributed by atoms with Gasteiger partial charge in [0.2, 0.25) is 0 Å². The van der Waals surface area contributed by atoms with Gasteiger partial charge in [-0.1, -0.05) is 39.3 Å². The lowest BCUT2D eigenvalue weighted by Crippen LogP contribution is -1.76. The van der Waals surface area contributed by atoms with Crippen LogP contribution >= 0.6 is 11.6 Å². The Morgan fingerprint density at radius 2 is 1.60 bits per heavy atom. The molecule has 0 aromatic carbocycles. The van der Waals surface area contributed by atoms with Crippen LogP contribution in [-0.2, 0) is 0 Å². The second-order valence-corrected chi connectivity index (χ2v) is 5.48. The number of alkyl halides is 1. The summed E-state index contributed by atoms with van der Waals surface area (Å²) in [6.45, 7) is 6.67. The monoisotopic (exact) mass is 180 g/mol. The lowest BCUT2D eigenvalue weighted by molar-refractivity contribution is 0.892. The number of unbranched alkanes of at least 4 members (excludes halogenated alkanes) is 1. The minimum absolute atomic E-state index is 0.432. The maximum atomic E-state index is 5.30. The predicted octanol–water partition coefficient (Wildman–Crippen LogP) is 3.06. The number of hydrogen-bond acceptors (Lipinski definition) is 0. The molecule has 0 radical (unpaired) electrons. The van der Waals surface area contributed by atoms with Crippen LogP contribution in [0.15, 0.2) is 0 Å². The summed E-state index contributed by atoms with van der Waals surface area (Å²) in [6.07, 6.45) is 2.37. The van der Waals surface area contributed by atoms with E-state index in [0.717, 1.165) is 12.3 Å². The van der Waals surface area contributed by atoms with Gasteiger partial charge in [-0.25, -0.2) is 0 Å². The van der Waals surface area contributed by atoms with Crippen molar-refractivity contribution in [2.45, 2.75) is 45.7 Å². The van der Waals surface area contributed by atoms with Crippen molar-refractivity contribution in [1.29, 1.82) is 0 Å². The largest absolute Gasteiger partial charge is 0.127 e. The third-order valence-corrected chi connectivity index (χ3v) is 2.88. The Morgan fingerprint density at radius 3 is 1.60 bits per heavy atom. The van der Waals surface area contributed by atoms with Gasteiger partial charge >= 0.3 is 0 Å². The van der Waals surface area contributed by atoms with Crippen LogP contribution in [0, 0.1) is 0 Å².